The largest absolute Gasteiger partial charge is 0.481 e. The topological polar surface area (TPSA) is 61.4 Å². The van der Waals surface area contributed by atoms with Gasteiger partial charge >= 0.3 is 5.97 Å². The molecule has 17 heavy (non-hydrogen) atoms. The monoisotopic (exact) mass is 316 g/mol. The number of anilines is 2. The number of alkyl halides is 1. The van der Waals surface area contributed by atoms with Crippen molar-refractivity contribution in [1.82, 2.24) is 0 Å². The van der Waals surface area contributed by atoms with E-state index >= 15 is 0 Å². The summed E-state index contributed by atoms with van der Waals surface area (Å²) in [5.41, 5.74) is 1.91. The number of benzene rings is 1. The van der Waals surface area contributed by atoms with Gasteiger partial charge in [0.2, 0.25) is 0 Å². The molecule has 4 nitrogen and oxygen atoms in total. The second-order valence-corrected chi connectivity index (χ2v) is 5.92. The fraction of sp³-hybridized carbons (Fsp3) is 0.364. The summed E-state index contributed by atoms with van der Waals surface area (Å²) in [6, 6.07) is 7.75. The molecule has 0 atom stereocenters. The van der Waals surface area contributed by atoms with E-state index in [-0.39, 0.29) is 6.42 Å². The number of thioether (sulfide) groups is 1. The molecule has 0 radical (unpaired) electrons. The van der Waals surface area contributed by atoms with E-state index in [2.05, 4.69) is 26.6 Å². The number of fused-ring (bicyclic) bond motifs is 1. The highest BCUT2D eigenvalue weighted by Crippen LogP contribution is 2.41. The van der Waals surface area contributed by atoms with Crippen molar-refractivity contribution in [2.24, 2.45) is 0 Å². The Labute approximate surface area is 112 Å². The summed E-state index contributed by atoms with van der Waals surface area (Å²) < 4.78 is 0. The smallest absolute Gasteiger partial charge is 0.308 e. The van der Waals surface area contributed by atoms with Gasteiger partial charge in [0.1, 0.15) is 0 Å². The van der Waals surface area contributed by atoms with Crippen LogP contribution in [0.15, 0.2) is 24.3 Å². The fourth-order valence-electron chi connectivity index (χ4n) is 1.80. The Balaban J connectivity index is 2.18. The summed E-state index contributed by atoms with van der Waals surface area (Å²) in [7, 11) is 0. The highest BCUT2D eigenvalue weighted by atomic mass is 79.9. The number of nitrogens with one attached hydrogen (secondary N) is 2. The Morgan fingerprint density at radius 1 is 1.35 bits per heavy atom. The average Bonchev–Trinajstić information content (AvgIpc) is 2.63. The Kier molecular flexibility index (Phi) is 3.83. The number of para-hydroxylation sites is 2. The minimum Gasteiger partial charge on any atom is -0.481 e. The van der Waals surface area contributed by atoms with Crippen LogP contribution in [0.25, 0.3) is 0 Å². The van der Waals surface area contributed by atoms with Crippen molar-refractivity contribution in [3.8, 4) is 0 Å². The second kappa shape index (κ2) is 5.18. The van der Waals surface area contributed by atoms with Crippen molar-refractivity contribution < 1.29 is 9.90 Å². The number of carboxylic acid groups (broad SMARTS) is 1. The molecule has 0 unspecified atom stereocenters. The van der Waals surface area contributed by atoms with E-state index in [1.165, 1.54) is 0 Å². The van der Waals surface area contributed by atoms with Crippen LogP contribution < -0.4 is 10.6 Å². The molecule has 1 heterocycles. The third-order valence-corrected chi connectivity index (χ3v) is 4.60. The summed E-state index contributed by atoms with van der Waals surface area (Å²) in [5, 5.41) is 16.4. The molecular formula is C11H13BrN2O2S. The molecule has 1 aliphatic rings. The van der Waals surface area contributed by atoms with Crippen LogP contribution in [0.4, 0.5) is 11.4 Å². The molecule has 0 saturated heterocycles. The first-order chi connectivity index (χ1) is 8.15. The summed E-state index contributed by atoms with van der Waals surface area (Å²) in [5.74, 6) is 0.0150. The number of carboxylic acids is 1. The molecule has 1 aromatic carbocycles. The minimum absolute atomic E-state index is 0.0271. The quantitative estimate of drug-likeness (QED) is 0.729. The lowest BCUT2D eigenvalue weighted by atomic mass is 10.3. The zero-order valence-corrected chi connectivity index (χ0v) is 11.5. The predicted octanol–water partition coefficient (Wildman–Crippen LogP) is 2.78. The van der Waals surface area contributed by atoms with Crippen LogP contribution in [0.5, 0.6) is 0 Å². The lowest BCUT2D eigenvalue weighted by Gasteiger charge is -2.28. The summed E-state index contributed by atoms with van der Waals surface area (Å²) in [4.78, 5) is 10.3. The zero-order valence-electron chi connectivity index (χ0n) is 9.07. The Hall–Kier alpha value is -0.880. The van der Waals surface area contributed by atoms with Gasteiger partial charge in [-0.05, 0) is 12.1 Å². The minimum atomic E-state index is -0.820. The van der Waals surface area contributed by atoms with Crippen LogP contribution in [0.1, 0.15) is 6.42 Å². The van der Waals surface area contributed by atoms with Crippen molar-refractivity contribution in [2.45, 2.75) is 11.4 Å². The summed E-state index contributed by atoms with van der Waals surface area (Å²) in [6.07, 6.45) is 0.0271. The van der Waals surface area contributed by atoms with Crippen molar-refractivity contribution in [3.63, 3.8) is 0 Å². The van der Waals surface area contributed by atoms with Crippen LogP contribution in [-0.2, 0) is 4.79 Å². The van der Waals surface area contributed by atoms with Gasteiger partial charge < -0.3 is 15.7 Å². The van der Waals surface area contributed by atoms with Crippen molar-refractivity contribution in [2.75, 3.05) is 21.7 Å². The molecule has 0 spiro atoms. The highest BCUT2D eigenvalue weighted by Gasteiger charge is 2.38. The number of hydrogen-bond acceptors (Lipinski definition) is 4. The fourth-order valence-corrected chi connectivity index (χ4v) is 3.31. The molecule has 1 aromatic rings. The maximum Gasteiger partial charge on any atom is 0.308 e. The Morgan fingerprint density at radius 3 is 2.41 bits per heavy atom. The van der Waals surface area contributed by atoms with Crippen LogP contribution in [0, 0.1) is 0 Å². The maximum atomic E-state index is 11.0. The van der Waals surface area contributed by atoms with E-state index in [9.17, 15) is 4.79 Å². The van der Waals surface area contributed by atoms with Gasteiger partial charge in [0.25, 0.3) is 0 Å². The van der Waals surface area contributed by atoms with E-state index in [1.807, 2.05) is 24.3 Å². The van der Waals surface area contributed by atoms with Crippen LogP contribution in [-0.4, -0.2) is 27.2 Å². The first-order valence-electron chi connectivity index (χ1n) is 5.22. The molecule has 0 saturated carbocycles. The molecular weight excluding hydrogens is 304 g/mol. The van der Waals surface area contributed by atoms with E-state index in [1.54, 1.807) is 11.8 Å². The van der Waals surface area contributed by atoms with Gasteiger partial charge in [-0.3, -0.25) is 4.79 Å². The number of halogens is 1. The van der Waals surface area contributed by atoms with Crippen molar-refractivity contribution in [1.29, 1.82) is 0 Å². The lowest BCUT2D eigenvalue weighted by Crippen LogP contribution is -2.41. The molecule has 0 aromatic heterocycles. The lowest BCUT2D eigenvalue weighted by molar-refractivity contribution is -0.137. The molecule has 2 rings (SSSR count). The van der Waals surface area contributed by atoms with Gasteiger partial charge in [-0.2, -0.15) is 0 Å². The van der Waals surface area contributed by atoms with Gasteiger partial charge in [0, 0.05) is 11.1 Å². The number of rotatable bonds is 5. The molecule has 1 aliphatic heterocycles. The average molecular weight is 317 g/mol. The first-order valence-corrected chi connectivity index (χ1v) is 7.33. The molecule has 0 aliphatic carbocycles. The van der Waals surface area contributed by atoms with Gasteiger partial charge in [0.05, 0.1) is 17.8 Å². The second-order valence-electron chi connectivity index (χ2n) is 3.73. The van der Waals surface area contributed by atoms with Crippen LogP contribution >= 0.6 is 27.7 Å². The molecule has 0 fully saturated rings. The van der Waals surface area contributed by atoms with Gasteiger partial charge in [-0.15, -0.1) is 11.8 Å². The van der Waals surface area contributed by atoms with Crippen LogP contribution in [0.2, 0.25) is 0 Å². The van der Waals surface area contributed by atoms with Crippen molar-refractivity contribution >= 4 is 45.0 Å². The zero-order chi connectivity index (χ0) is 12.3. The standard InChI is InChI=1S/C11H13BrN2O2S/c12-5-6-17-11(7-10(15)16)13-8-3-1-2-4-9(8)14-11/h1-4,13-14H,5-7H2,(H,15,16). The number of hydrogen-bond donors (Lipinski definition) is 3. The third-order valence-electron chi connectivity index (χ3n) is 2.43. The highest BCUT2D eigenvalue weighted by molar-refractivity contribution is 9.09. The maximum absolute atomic E-state index is 11.0. The van der Waals surface area contributed by atoms with E-state index in [0.29, 0.717) is 0 Å². The molecule has 0 bridgehead atoms. The van der Waals surface area contributed by atoms with E-state index < -0.39 is 11.0 Å². The van der Waals surface area contributed by atoms with Gasteiger partial charge in [-0.25, -0.2) is 0 Å². The summed E-state index contributed by atoms with van der Waals surface area (Å²) in [6.45, 7) is 0. The molecule has 0 amide bonds. The first kappa shape index (κ1) is 12.6. The Bertz CT molecular complexity index is 403. The summed E-state index contributed by atoms with van der Waals surface area (Å²) >= 11 is 4.92. The van der Waals surface area contributed by atoms with Crippen LogP contribution in [0.3, 0.4) is 0 Å². The SMILES string of the molecule is O=C(O)CC1(SCCBr)Nc2ccccc2N1. The normalized spacial score (nSPS) is 15.8. The molecule has 6 heteroatoms. The van der Waals surface area contributed by atoms with E-state index in [0.717, 1.165) is 22.5 Å². The molecule has 92 valence electrons. The number of aliphatic carboxylic acids is 1. The third kappa shape index (κ3) is 2.87. The molecule has 3 N–H and O–H groups in total. The van der Waals surface area contributed by atoms with Gasteiger partial charge in [-0.1, -0.05) is 28.1 Å². The van der Waals surface area contributed by atoms with Gasteiger partial charge in [0.15, 0.2) is 4.99 Å². The number of carbonyl (C=O) groups is 1. The Morgan fingerprint density at radius 2 is 1.94 bits per heavy atom. The predicted molar refractivity (Wildman–Crippen MR) is 74.9 cm³/mol. The van der Waals surface area contributed by atoms with E-state index in [4.69, 9.17) is 5.11 Å². The van der Waals surface area contributed by atoms with Crippen molar-refractivity contribution in [3.05, 3.63) is 24.3 Å².